The predicted molar refractivity (Wildman–Crippen MR) is 43.9 cm³/mol. The molecule has 0 spiro atoms. The Balaban J connectivity index is 4.06. The lowest BCUT2D eigenvalue weighted by Gasteiger charge is -2.54. The first-order chi connectivity index (χ1) is 10.9. The smallest absolute Gasteiger partial charge is 0.223 e. The summed E-state index contributed by atoms with van der Waals surface area (Å²) in [6.45, 7) is 0. The van der Waals surface area contributed by atoms with Crippen molar-refractivity contribution in [1.29, 1.82) is 0 Å². The third-order valence-electron chi connectivity index (χ3n) is 3.51. The summed E-state index contributed by atoms with van der Waals surface area (Å²) >= 11 is 0. The van der Waals surface area contributed by atoms with Crippen LogP contribution in [0, 0.1) is 6.43 Å². The number of alkyl halides is 15. The van der Waals surface area contributed by atoms with Crippen molar-refractivity contribution in [3.8, 4) is 0 Å². The molecule has 0 aromatic carbocycles. The molecule has 155 valence electrons. The molecule has 1 aliphatic rings. The molecule has 1 fully saturated rings. The molecule has 0 unspecified atom stereocenters. The van der Waals surface area contributed by atoms with Crippen molar-refractivity contribution in [2.75, 3.05) is 0 Å². The molecule has 17 heteroatoms. The quantitative estimate of drug-likeness (QED) is 0.512. The van der Waals surface area contributed by atoms with Gasteiger partial charge in [-0.15, -0.1) is 0 Å². The third kappa shape index (κ3) is 1.84. The van der Waals surface area contributed by atoms with Crippen LogP contribution in [0.2, 0.25) is 0 Å². The normalized spacial score (nSPS) is 28.8. The third-order valence-corrected chi connectivity index (χ3v) is 3.51. The van der Waals surface area contributed by atoms with Gasteiger partial charge >= 0.3 is 53.6 Å². The molecule has 1 aliphatic carbocycles. The van der Waals surface area contributed by atoms with Gasteiger partial charge in [-0.2, -0.15) is 70.2 Å². The van der Waals surface area contributed by atoms with Crippen molar-refractivity contribution in [3.63, 3.8) is 0 Å². The van der Waals surface area contributed by atoms with E-state index in [4.69, 9.17) is 0 Å². The van der Waals surface area contributed by atoms with Crippen LogP contribution < -0.4 is 0 Å². The highest BCUT2D eigenvalue weighted by Crippen LogP contribution is 2.74. The van der Waals surface area contributed by atoms with Gasteiger partial charge in [-0.05, 0) is 0 Å². The van der Waals surface area contributed by atoms with Crippen LogP contribution in [0.3, 0.4) is 0 Å². The van der Waals surface area contributed by atoms with Crippen LogP contribution in [-0.2, 0) is 0 Å². The first kappa shape index (κ1) is 22.9. The van der Waals surface area contributed by atoms with Gasteiger partial charge in [0.05, 0.1) is 0 Å². The van der Waals surface area contributed by atoms with Crippen LogP contribution in [0.5, 0.6) is 0 Å². The van der Waals surface area contributed by atoms with E-state index in [9.17, 15) is 74.6 Å². The Labute approximate surface area is 129 Å². The van der Waals surface area contributed by atoms with E-state index in [2.05, 4.69) is 0 Å². The van der Waals surface area contributed by atoms with E-state index >= 15 is 0 Å². The highest BCUT2D eigenvalue weighted by Gasteiger charge is 3.07. The molecule has 0 bridgehead atoms. The van der Waals surface area contributed by atoms with E-state index in [0.717, 1.165) is 0 Å². The van der Waals surface area contributed by atoms with Crippen molar-refractivity contribution in [2.45, 2.75) is 47.1 Å². The molecular weight excluding hydrogens is 431 g/mol. The molecule has 1 saturated carbocycles. The van der Waals surface area contributed by atoms with Crippen molar-refractivity contribution in [1.82, 2.24) is 0 Å². The van der Waals surface area contributed by atoms with Crippen LogP contribution in [0.15, 0.2) is 0 Å². The van der Waals surface area contributed by atoms with Gasteiger partial charge in [-0.25, -0.2) is 4.39 Å². The van der Waals surface area contributed by atoms with Crippen LogP contribution in [0.4, 0.5) is 74.6 Å². The zero-order chi connectivity index (χ0) is 21.6. The lowest BCUT2D eigenvalue weighted by Crippen LogP contribution is -2.88. The van der Waals surface area contributed by atoms with E-state index in [1.807, 2.05) is 0 Å². The van der Waals surface area contributed by atoms with Crippen LogP contribution in [0.25, 0.3) is 0 Å². The van der Waals surface area contributed by atoms with Gasteiger partial charge < -0.3 is 0 Å². The highest BCUT2D eigenvalue weighted by molar-refractivity contribution is 5.32. The number of rotatable bonds is 3. The molecule has 1 rings (SSSR count). The van der Waals surface area contributed by atoms with Gasteiger partial charge in [-0.1, -0.05) is 0 Å². The summed E-state index contributed by atoms with van der Waals surface area (Å²) < 4.78 is 219. The molecule has 26 heavy (non-hydrogen) atoms. The topological polar surface area (TPSA) is 0 Å². The molecule has 0 heterocycles. The van der Waals surface area contributed by atoms with Gasteiger partial charge in [-0.3, -0.25) is 0 Å². The van der Waals surface area contributed by atoms with Gasteiger partial charge in [0.2, 0.25) is 0 Å². The van der Waals surface area contributed by atoms with Crippen LogP contribution >= 0.6 is 0 Å². The second-order valence-electron chi connectivity index (χ2n) is 4.94. The Hall–Kier alpha value is -1.19. The minimum absolute atomic E-state index is 5.13. The Morgan fingerprint density at radius 3 is 0.923 bits per heavy atom. The maximum Gasteiger partial charge on any atom is 0.384 e. The minimum atomic E-state index is -8.57. The maximum atomic E-state index is 13.7. The summed E-state index contributed by atoms with van der Waals surface area (Å²) in [7, 11) is 0. The lowest BCUT2D eigenvalue weighted by molar-refractivity contribution is -0.515. The summed E-state index contributed by atoms with van der Waals surface area (Å²) in [5, 5.41) is 0. The maximum absolute atomic E-state index is 13.7. The fourth-order valence-electron chi connectivity index (χ4n) is 1.95. The Kier molecular flexibility index (Phi) is 4.39. The molecule has 0 atom stereocenters. The molecule has 0 saturated heterocycles. The zero-order valence-corrected chi connectivity index (χ0v) is 10.9. The lowest BCUT2D eigenvalue weighted by atomic mass is 9.68. The highest BCUT2D eigenvalue weighted by atomic mass is 19.4. The summed E-state index contributed by atoms with van der Waals surface area (Å²) in [5.74, 6) is -57.1. The van der Waals surface area contributed by atoms with Gasteiger partial charge in [0.1, 0.15) is 0 Å². The minimum Gasteiger partial charge on any atom is -0.223 e. The van der Waals surface area contributed by atoms with Gasteiger partial charge in [0.15, 0.2) is 0 Å². The van der Waals surface area contributed by atoms with Crippen molar-refractivity contribution < 1.29 is 74.6 Å². The van der Waals surface area contributed by atoms with E-state index < -0.39 is 53.6 Å². The number of halogens is 17. The molecule has 0 N–H and O–H groups in total. The summed E-state index contributed by atoms with van der Waals surface area (Å²) in [5.41, 5.74) is -8.57. The first-order valence-electron chi connectivity index (χ1n) is 5.46. The fourth-order valence-corrected chi connectivity index (χ4v) is 1.95. The number of hydrogen-bond acceptors (Lipinski definition) is 0. The SMILES string of the molecule is F[C](F)C(F)(F)C(F)(F)C1(F)C(F)(F)C(F)(F)C(F)(F)C(F)(F)C1(F)F. The summed E-state index contributed by atoms with van der Waals surface area (Å²) in [6.07, 6.45) is -5.13. The van der Waals surface area contributed by atoms with Crippen LogP contribution in [-0.4, -0.2) is 47.1 Å². The zero-order valence-electron chi connectivity index (χ0n) is 10.9. The fraction of sp³-hybridized carbons (Fsp3) is 0.889. The molecule has 0 aromatic rings. The van der Waals surface area contributed by atoms with Crippen LogP contribution in [0.1, 0.15) is 0 Å². The van der Waals surface area contributed by atoms with Gasteiger partial charge in [0, 0.05) is 0 Å². The average molecular weight is 431 g/mol. The molecule has 0 aliphatic heterocycles. The Bertz CT molecular complexity index is 527. The molecular formula is C9F17. The molecule has 0 amide bonds. The molecule has 1 radical (unpaired) electrons. The average Bonchev–Trinajstić information content (AvgIpc) is 2.43. The molecule has 0 aromatic heterocycles. The first-order valence-corrected chi connectivity index (χ1v) is 5.46. The van der Waals surface area contributed by atoms with Crippen molar-refractivity contribution >= 4 is 0 Å². The Morgan fingerprint density at radius 2 is 0.692 bits per heavy atom. The van der Waals surface area contributed by atoms with E-state index in [1.165, 1.54) is 0 Å². The van der Waals surface area contributed by atoms with Crippen molar-refractivity contribution in [2.24, 2.45) is 0 Å². The van der Waals surface area contributed by atoms with E-state index in [0.29, 0.717) is 0 Å². The Morgan fingerprint density at radius 1 is 0.462 bits per heavy atom. The second kappa shape index (κ2) is 4.99. The molecule has 0 nitrogen and oxygen atoms in total. The summed E-state index contributed by atoms with van der Waals surface area (Å²) in [4.78, 5) is 0. The van der Waals surface area contributed by atoms with Gasteiger partial charge in [0.25, 0.3) is 0 Å². The van der Waals surface area contributed by atoms with Crippen molar-refractivity contribution in [3.05, 3.63) is 6.43 Å². The monoisotopic (exact) mass is 431 g/mol. The standard InChI is InChI=1S/C9F17/c10-1(11)2(12,13)4(15,16)3(14)5(17,18)7(21,22)9(25,26)8(23,24)6(3,19)20. The second-order valence-corrected chi connectivity index (χ2v) is 4.94. The predicted octanol–water partition coefficient (Wildman–Crippen LogP) is 5.58. The van der Waals surface area contributed by atoms with E-state index in [1.54, 1.807) is 0 Å². The number of hydrogen-bond donors (Lipinski definition) is 0. The summed E-state index contributed by atoms with van der Waals surface area (Å²) in [6, 6.07) is 0. The van der Waals surface area contributed by atoms with E-state index in [-0.39, 0.29) is 0 Å². The largest absolute Gasteiger partial charge is 0.384 e.